The summed E-state index contributed by atoms with van der Waals surface area (Å²) >= 11 is 0. The monoisotopic (exact) mass is 530 g/mol. The third-order valence-electron chi connectivity index (χ3n) is 6.38. The molecule has 2 amide bonds. The second kappa shape index (κ2) is 16.1. The fraction of sp³-hybridized carbons (Fsp3) is 0.312. The Morgan fingerprint density at radius 3 is 1.87 bits per heavy atom. The van der Waals surface area contributed by atoms with Crippen molar-refractivity contribution < 1.29 is 24.5 Å². The summed E-state index contributed by atoms with van der Waals surface area (Å²) in [6, 6.07) is 26.1. The van der Waals surface area contributed by atoms with Crippen LogP contribution in [0.15, 0.2) is 97.6 Å². The zero-order valence-electron chi connectivity index (χ0n) is 22.2. The van der Waals surface area contributed by atoms with Crippen LogP contribution in [-0.2, 0) is 29.0 Å². The van der Waals surface area contributed by atoms with Gasteiger partial charge in [-0.3, -0.25) is 9.59 Å². The molecule has 0 aliphatic rings. The minimum atomic E-state index is -0.638. The number of hydrogen-bond donors (Lipinski definition) is 4. The highest BCUT2D eigenvalue weighted by molar-refractivity contribution is 5.86. The van der Waals surface area contributed by atoms with E-state index in [0.717, 1.165) is 22.4 Å². The molecular formula is C32H38N2O5. The Morgan fingerprint density at radius 2 is 1.31 bits per heavy atom. The molecule has 0 fully saturated rings. The first-order chi connectivity index (χ1) is 19.0. The van der Waals surface area contributed by atoms with Crippen LogP contribution in [-0.4, -0.2) is 47.3 Å². The Labute approximate surface area is 230 Å². The predicted molar refractivity (Wildman–Crippen MR) is 152 cm³/mol. The lowest BCUT2D eigenvalue weighted by Gasteiger charge is -2.22. The van der Waals surface area contributed by atoms with E-state index in [0.29, 0.717) is 25.9 Å². The van der Waals surface area contributed by atoms with E-state index in [-0.39, 0.29) is 31.4 Å². The molecule has 3 aromatic carbocycles. The number of ether oxygens (including phenoxy) is 1. The molecule has 7 heteroatoms. The number of benzene rings is 3. The minimum absolute atomic E-state index is 0.0469. The van der Waals surface area contributed by atoms with Gasteiger partial charge in [0.15, 0.2) is 0 Å². The van der Waals surface area contributed by atoms with Crippen molar-refractivity contribution >= 4 is 11.8 Å². The first-order valence-corrected chi connectivity index (χ1v) is 13.2. The van der Waals surface area contributed by atoms with Crippen LogP contribution in [0.2, 0.25) is 0 Å². The molecule has 0 radical (unpaired) electrons. The van der Waals surface area contributed by atoms with E-state index in [1.54, 1.807) is 6.08 Å². The number of amides is 2. The highest BCUT2D eigenvalue weighted by Gasteiger charge is 2.24. The lowest BCUT2D eigenvalue weighted by atomic mass is 9.98. The predicted octanol–water partition coefficient (Wildman–Crippen LogP) is 3.59. The molecule has 3 atom stereocenters. The van der Waals surface area contributed by atoms with Gasteiger partial charge >= 0.3 is 0 Å². The van der Waals surface area contributed by atoms with Crippen molar-refractivity contribution in [2.75, 3.05) is 13.2 Å². The first kappa shape index (κ1) is 29.6. The fourth-order valence-electron chi connectivity index (χ4n) is 4.28. The highest BCUT2D eigenvalue weighted by Crippen LogP contribution is 2.16. The average molecular weight is 531 g/mol. The van der Waals surface area contributed by atoms with Crippen molar-refractivity contribution in [2.24, 2.45) is 5.92 Å². The number of nitrogens with one attached hydrogen (secondary N) is 2. The first-order valence-electron chi connectivity index (χ1n) is 13.2. The number of aliphatic hydroxyl groups is 2. The molecule has 0 unspecified atom stereocenters. The molecule has 39 heavy (non-hydrogen) atoms. The molecule has 0 bridgehead atoms. The van der Waals surface area contributed by atoms with Crippen molar-refractivity contribution in [1.29, 1.82) is 0 Å². The Morgan fingerprint density at radius 1 is 0.769 bits per heavy atom. The van der Waals surface area contributed by atoms with E-state index in [1.165, 1.54) is 0 Å². The molecule has 0 aromatic heterocycles. The van der Waals surface area contributed by atoms with E-state index < -0.39 is 18.0 Å². The van der Waals surface area contributed by atoms with Gasteiger partial charge in [-0.05, 0) is 48.1 Å². The van der Waals surface area contributed by atoms with Crippen LogP contribution in [0.4, 0.5) is 0 Å². The number of carbonyl (C=O) groups excluding carboxylic acids is 2. The molecule has 7 nitrogen and oxygen atoms in total. The molecule has 0 saturated heterocycles. The zero-order valence-corrected chi connectivity index (χ0v) is 22.2. The van der Waals surface area contributed by atoms with Crippen molar-refractivity contribution in [1.82, 2.24) is 10.6 Å². The van der Waals surface area contributed by atoms with E-state index >= 15 is 0 Å². The molecular weight excluding hydrogens is 492 g/mol. The highest BCUT2D eigenvalue weighted by atomic mass is 16.5. The van der Waals surface area contributed by atoms with Crippen LogP contribution in [0.1, 0.15) is 29.5 Å². The van der Waals surface area contributed by atoms with Crippen molar-refractivity contribution in [3.63, 3.8) is 0 Å². The molecule has 4 N–H and O–H groups in total. The standard InChI is InChI=1S/C32H38N2O5/c1-2-9-27(20-31(37)33-28(21-35)18-24-10-5-3-6-11-24)32(38)34-29(22-36)19-25-14-16-30(17-15-25)39-23-26-12-7-4-8-13-26/h2-8,10-17,27-29,35-36H,1,9,18-23H2,(H,33,37)(H,34,38)/t27-,28+,29+/m1/s1. The van der Waals surface area contributed by atoms with Crippen LogP contribution >= 0.6 is 0 Å². The quantitative estimate of drug-likeness (QED) is 0.212. The second-order valence-corrected chi connectivity index (χ2v) is 9.57. The van der Waals surface area contributed by atoms with E-state index in [2.05, 4.69) is 17.2 Å². The lowest BCUT2D eigenvalue weighted by Crippen LogP contribution is -2.45. The summed E-state index contributed by atoms with van der Waals surface area (Å²) in [5.41, 5.74) is 3.01. The Kier molecular flexibility index (Phi) is 12.2. The van der Waals surface area contributed by atoms with Gasteiger partial charge in [-0.2, -0.15) is 0 Å². The second-order valence-electron chi connectivity index (χ2n) is 9.57. The summed E-state index contributed by atoms with van der Waals surface area (Å²) in [5, 5.41) is 25.4. The van der Waals surface area contributed by atoms with Gasteiger partial charge in [-0.15, -0.1) is 6.58 Å². The summed E-state index contributed by atoms with van der Waals surface area (Å²) < 4.78 is 5.82. The largest absolute Gasteiger partial charge is 0.489 e. The average Bonchev–Trinajstić information content (AvgIpc) is 2.96. The van der Waals surface area contributed by atoms with Gasteiger partial charge in [0.05, 0.1) is 31.2 Å². The Balaban J connectivity index is 1.50. The van der Waals surface area contributed by atoms with E-state index in [4.69, 9.17) is 4.74 Å². The maximum atomic E-state index is 13.0. The van der Waals surface area contributed by atoms with Crippen molar-refractivity contribution in [3.05, 3.63) is 114 Å². The van der Waals surface area contributed by atoms with Gasteiger partial charge in [0, 0.05) is 6.42 Å². The lowest BCUT2D eigenvalue weighted by molar-refractivity contribution is -0.131. The minimum Gasteiger partial charge on any atom is -0.489 e. The van der Waals surface area contributed by atoms with Crippen LogP contribution in [0, 0.1) is 5.92 Å². The van der Waals surface area contributed by atoms with Gasteiger partial charge in [0.2, 0.25) is 11.8 Å². The SMILES string of the molecule is C=CC[C@H](CC(=O)N[C@H](CO)Cc1ccccc1)C(=O)N[C@H](CO)Cc1ccc(OCc2ccccc2)cc1. The number of rotatable bonds is 16. The van der Waals surface area contributed by atoms with Crippen LogP contribution in [0.3, 0.4) is 0 Å². The van der Waals surface area contributed by atoms with Crippen LogP contribution < -0.4 is 15.4 Å². The summed E-state index contributed by atoms with van der Waals surface area (Å²) in [5.74, 6) is -0.548. The van der Waals surface area contributed by atoms with Crippen molar-refractivity contribution in [2.45, 2.75) is 44.4 Å². The third kappa shape index (κ3) is 10.4. The van der Waals surface area contributed by atoms with E-state index in [9.17, 15) is 19.8 Å². The van der Waals surface area contributed by atoms with Crippen molar-refractivity contribution in [3.8, 4) is 5.75 Å². The number of allylic oxidation sites excluding steroid dienone is 1. The molecule has 0 saturated carbocycles. The van der Waals surface area contributed by atoms with Gasteiger partial charge in [-0.25, -0.2) is 0 Å². The molecule has 3 aromatic rings. The van der Waals surface area contributed by atoms with Gasteiger partial charge in [-0.1, -0.05) is 78.9 Å². The fourth-order valence-corrected chi connectivity index (χ4v) is 4.28. The molecule has 3 rings (SSSR count). The molecule has 0 heterocycles. The smallest absolute Gasteiger partial charge is 0.224 e. The number of aliphatic hydroxyl groups excluding tert-OH is 2. The topological polar surface area (TPSA) is 108 Å². The van der Waals surface area contributed by atoms with Gasteiger partial charge < -0.3 is 25.6 Å². The van der Waals surface area contributed by atoms with Crippen LogP contribution in [0.25, 0.3) is 0 Å². The van der Waals surface area contributed by atoms with E-state index in [1.807, 2.05) is 84.9 Å². The third-order valence-corrected chi connectivity index (χ3v) is 6.38. The number of carbonyl (C=O) groups is 2. The summed E-state index contributed by atoms with van der Waals surface area (Å²) in [6.45, 7) is 3.74. The normalized spacial score (nSPS) is 13.1. The van der Waals surface area contributed by atoms with Gasteiger partial charge in [0.1, 0.15) is 12.4 Å². The Bertz CT molecular complexity index is 1150. The summed E-state index contributed by atoms with van der Waals surface area (Å²) in [4.78, 5) is 25.7. The molecule has 0 spiro atoms. The molecule has 206 valence electrons. The Hall–Kier alpha value is -3.94. The molecule has 0 aliphatic carbocycles. The summed E-state index contributed by atoms with van der Waals surface area (Å²) in [7, 11) is 0. The summed E-state index contributed by atoms with van der Waals surface area (Å²) in [6.07, 6.45) is 2.79. The number of hydrogen-bond acceptors (Lipinski definition) is 5. The maximum absolute atomic E-state index is 13.0. The van der Waals surface area contributed by atoms with Crippen LogP contribution in [0.5, 0.6) is 5.75 Å². The maximum Gasteiger partial charge on any atom is 0.224 e. The molecule has 0 aliphatic heterocycles. The van der Waals surface area contributed by atoms with Gasteiger partial charge in [0.25, 0.3) is 0 Å². The zero-order chi connectivity index (χ0) is 27.9.